The van der Waals surface area contributed by atoms with Crippen molar-refractivity contribution in [2.45, 2.75) is 203 Å². The summed E-state index contributed by atoms with van der Waals surface area (Å²) in [5.74, 6) is -1.38. The summed E-state index contributed by atoms with van der Waals surface area (Å²) in [6.45, 7) is 5.42. The van der Waals surface area contributed by atoms with E-state index < -0.39 is 48.3 Å². The molecule has 4 fully saturated rings. The molecule has 3 aromatic heterocycles. The average molecular weight is 1110 g/mol. The van der Waals surface area contributed by atoms with E-state index in [1.54, 1.807) is 47.1 Å². The van der Waals surface area contributed by atoms with E-state index in [0.29, 0.717) is 56.7 Å². The number of likely N-dealkylation sites (N-methyl/N-ethyl adjacent to an activating group) is 2. The molecule has 0 unspecified atom stereocenters. The summed E-state index contributed by atoms with van der Waals surface area (Å²) < 4.78 is 5.46. The van der Waals surface area contributed by atoms with Crippen LogP contribution >= 0.6 is 0 Å². The van der Waals surface area contributed by atoms with Gasteiger partial charge in [-0.15, -0.1) is 15.3 Å². The first-order valence-corrected chi connectivity index (χ1v) is 29.4. The van der Waals surface area contributed by atoms with Gasteiger partial charge in [-0.2, -0.15) is 0 Å². The van der Waals surface area contributed by atoms with Crippen LogP contribution in [0.1, 0.15) is 157 Å². The van der Waals surface area contributed by atoms with E-state index in [2.05, 4.69) is 62.8 Å². The Morgan fingerprint density at radius 2 is 0.926 bits per heavy atom. The van der Waals surface area contributed by atoms with Crippen molar-refractivity contribution in [3.05, 3.63) is 107 Å². The molecule has 2 aromatic carbocycles. The maximum atomic E-state index is 14.3. The average Bonchev–Trinajstić information content (AvgIpc) is 4.51. The van der Waals surface area contributed by atoms with Gasteiger partial charge in [0.1, 0.15) is 35.6 Å². The zero-order valence-corrected chi connectivity index (χ0v) is 47.3. The standard InChI is InChI=1S/C58H81N17O6/c1-38(59-3)53(76)61-45-26-13-11-24-43-28-30-49(74(43)57(45)80)55(78)63-51(40-19-7-5-8-20-40)47-36-72(69-66-47)32-16-15-23-42-35-71(68-65-42)33-17-18-34-73-37-48(67-70-73)52(41-21-9-6-10-22-41)64-56(79)50-31-29-44-25-12-14-27-46(58(81)75(44)50)62-54(77)39(2)60-4/h5-10,19-22,35-39,43-46,49-52,59-60H,11-18,23-34H2,1-4H3,(H,61,76)(H,62,77)(H,63,78)(H,64,79)/t38-,39-,43-,44-,45-,46-,49-,50-,51+,52-/m0/s1. The molecule has 23 heteroatoms. The van der Waals surface area contributed by atoms with Crippen LogP contribution in [0.4, 0.5) is 0 Å². The van der Waals surface area contributed by atoms with Gasteiger partial charge in [-0.05, 0) is 123 Å². The Balaban J connectivity index is 0.739. The second kappa shape index (κ2) is 27.9. The summed E-state index contributed by atoms with van der Waals surface area (Å²) in [5, 5.41) is 45.0. The van der Waals surface area contributed by atoms with Crippen molar-refractivity contribution in [2.24, 2.45) is 0 Å². The molecule has 0 spiro atoms. The van der Waals surface area contributed by atoms with Crippen LogP contribution in [0.3, 0.4) is 0 Å². The number of amides is 6. The molecule has 0 radical (unpaired) electrons. The number of benzene rings is 2. The Hall–Kier alpha value is -7.40. The van der Waals surface area contributed by atoms with Crippen molar-refractivity contribution < 1.29 is 28.8 Å². The van der Waals surface area contributed by atoms with Gasteiger partial charge in [-0.1, -0.05) is 102 Å². The molecule has 5 aromatic rings. The van der Waals surface area contributed by atoms with E-state index in [-0.39, 0.29) is 47.5 Å². The largest absolute Gasteiger partial charge is 0.343 e. The third-order valence-corrected chi connectivity index (χ3v) is 16.8. The molecule has 6 amide bonds. The predicted octanol–water partition coefficient (Wildman–Crippen LogP) is 3.43. The summed E-state index contributed by atoms with van der Waals surface area (Å²) in [5.41, 5.74) is 3.80. The summed E-state index contributed by atoms with van der Waals surface area (Å²) in [4.78, 5) is 86.0. The number of nitrogens with zero attached hydrogens (tertiary/aromatic N) is 11. The minimum absolute atomic E-state index is 0.0587. The second-order valence-electron chi connectivity index (χ2n) is 22.4. The lowest BCUT2D eigenvalue weighted by Gasteiger charge is -2.36. The van der Waals surface area contributed by atoms with Gasteiger partial charge in [0.2, 0.25) is 35.4 Å². The number of hydrogen-bond acceptors (Lipinski definition) is 14. The van der Waals surface area contributed by atoms with Gasteiger partial charge in [0.25, 0.3) is 0 Å². The fourth-order valence-electron chi connectivity index (χ4n) is 11.9. The highest BCUT2D eigenvalue weighted by Crippen LogP contribution is 2.34. The number of carbonyl (C=O) groups is 6. The van der Waals surface area contributed by atoms with Crippen molar-refractivity contribution in [1.29, 1.82) is 0 Å². The van der Waals surface area contributed by atoms with Crippen molar-refractivity contribution >= 4 is 35.4 Å². The first-order valence-electron chi connectivity index (χ1n) is 29.4. The van der Waals surface area contributed by atoms with Gasteiger partial charge in [-0.3, -0.25) is 42.8 Å². The van der Waals surface area contributed by atoms with E-state index in [4.69, 9.17) is 0 Å². The number of carbonyl (C=O) groups excluding carboxylic acids is 6. The molecule has 7 heterocycles. The van der Waals surface area contributed by atoms with Crippen LogP contribution in [-0.2, 0) is 54.8 Å². The highest BCUT2D eigenvalue weighted by molar-refractivity contribution is 5.95. The topological polar surface area (TPSA) is 273 Å². The third kappa shape index (κ3) is 14.6. The number of rotatable bonds is 24. The van der Waals surface area contributed by atoms with Crippen molar-refractivity contribution in [3.8, 4) is 0 Å². The van der Waals surface area contributed by atoms with Crippen molar-refractivity contribution in [3.63, 3.8) is 0 Å². The molecule has 0 aliphatic carbocycles. The number of fused-ring (bicyclic) bond motifs is 2. The number of hydrogen-bond donors (Lipinski definition) is 6. The van der Waals surface area contributed by atoms with E-state index in [9.17, 15) is 28.8 Å². The lowest BCUT2D eigenvalue weighted by molar-refractivity contribution is -0.144. The summed E-state index contributed by atoms with van der Waals surface area (Å²) in [7, 11) is 3.41. The van der Waals surface area contributed by atoms with Crippen LogP contribution < -0.4 is 31.9 Å². The minimum atomic E-state index is -0.685. The Bertz CT molecular complexity index is 2700. The lowest BCUT2D eigenvalue weighted by atomic mass is 9.98. The molecule has 6 N–H and O–H groups in total. The van der Waals surface area contributed by atoms with E-state index >= 15 is 0 Å². The van der Waals surface area contributed by atoms with Crippen LogP contribution in [-0.4, -0.2) is 153 Å². The van der Waals surface area contributed by atoms with Crippen LogP contribution in [0.25, 0.3) is 0 Å². The molecule has 0 bridgehead atoms. The van der Waals surface area contributed by atoms with E-state index in [1.165, 1.54) is 0 Å². The Morgan fingerprint density at radius 3 is 1.37 bits per heavy atom. The lowest BCUT2D eigenvalue weighted by Crippen LogP contribution is -2.58. The zero-order valence-electron chi connectivity index (χ0n) is 47.3. The predicted molar refractivity (Wildman–Crippen MR) is 300 cm³/mol. The number of nitrogens with one attached hydrogen (secondary N) is 6. The normalized spacial score (nSPS) is 22.7. The highest BCUT2D eigenvalue weighted by atomic mass is 16.2. The maximum Gasteiger partial charge on any atom is 0.246 e. The molecule has 81 heavy (non-hydrogen) atoms. The van der Waals surface area contributed by atoms with Crippen LogP contribution in [0, 0.1) is 0 Å². The Morgan fingerprint density at radius 1 is 0.519 bits per heavy atom. The molecule has 9 rings (SSSR count). The van der Waals surface area contributed by atoms with Gasteiger partial charge in [0, 0.05) is 37.9 Å². The van der Waals surface area contributed by atoms with Crippen molar-refractivity contribution in [2.75, 3.05) is 14.1 Å². The number of aryl methyl sites for hydroxylation is 4. The fourth-order valence-corrected chi connectivity index (χ4v) is 11.9. The molecule has 4 aliphatic heterocycles. The second-order valence-corrected chi connectivity index (χ2v) is 22.4. The van der Waals surface area contributed by atoms with Gasteiger partial charge in [0.15, 0.2) is 0 Å². The Labute approximate surface area is 473 Å². The molecule has 23 nitrogen and oxygen atoms in total. The fraction of sp³-hybridized carbons (Fsp3) is 0.586. The van der Waals surface area contributed by atoms with Gasteiger partial charge in [-0.25, -0.2) is 0 Å². The zero-order chi connectivity index (χ0) is 56.8. The quantitative estimate of drug-likeness (QED) is 0.0484. The van der Waals surface area contributed by atoms with Crippen LogP contribution in [0.2, 0.25) is 0 Å². The summed E-state index contributed by atoms with van der Waals surface area (Å²) in [6, 6.07) is 14.4. The molecular weight excluding hydrogens is 1030 g/mol. The van der Waals surface area contributed by atoms with Crippen LogP contribution in [0.15, 0.2) is 79.3 Å². The molecule has 10 atom stereocenters. The van der Waals surface area contributed by atoms with Gasteiger partial charge < -0.3 is 41.7 Å². The molecule has 0 saturated carbocycles. The smallest absolute Gasteiger partial charge is 0.246 e. The first-order chi connectivity index (χ1) is 39.4. The van der Waals surface area contributed by atoms with E-state index in [1.807, 2.05) is 83.9 Å². The van der Waals surface area contributed by atoms with Crippen molar-refractivity contribution in [1.82, 2.24) is 86.7 Å². The summed E-state index contributed by atoms with van der Waals surface area (Å²) >= 11 is 0. The van der Waals surface area contributed by atoms with Gasteiger partial charge >= 0.3 is 0 Å². The molecule has 434 valence electrons. The number of aromatic nitrogens is 9. The molecule has 4 saturated heterocycles. The maximum absolute atomic E-state index is 14.3. The first kappa shape index (κ1) is 58.3. The summed E-state index contributed by atoms with van der Waals surface area (Å²) in [6.07, 6.45) is 18.5. The SMILES string of the molecule is CN[C@@H](C)C(=O)N[C@H]1CCCC[C@H]2CC[C@@H](C(=O)N[C@H](c3ccccc3)c3cn(CCCCc4cn(CCCCn5cc([C@@H](NC(=O)[C@@H]6CC[C@@H]7CCCC[C@H](NC(=O)[C@H](C)NC)C(=O)N76)c6ccccc6)nn5)nn4)nn3)N2C1=O. The third-order valence-electron chi connectivity index (χ3n) is 16.8. The molecular formula is C58H81N17O6. The molecule has 4 aliphatic rings. The number of unbranched alkanes of at least 4 members (excludes halogenated alkanes) is 2. The van der Waals surface area contributed by atoms with Crippen LogP contribution in [0.5, 0.6) is 0 Å². The highest BCUT2D eigenvalue weighted by Gasteiger charge is 2.46. The Kier molecular flexibility index (Phi) is 20.0. The minimum Gasteiger partial charge on any atom is -0.343 e. The van der Waals surface area contributed by atoms with E-state index in [0.717, 1.165) is 100 Å². The monoisotopic (exact) mass is 1110 g/mol. The van der Waals surface area contributed by atoms with Gasteiger partial charge in [0.05, 0.1) is 42.3 Å².